The molecule has 1 spiro atoms. The molecule has 62 valence electrons. The molecule has 2 N–H and O–H groups in total. The summed E-state index contributed by atoms with van der Waals surface area (Å²) >= 11 is 0. The van der Waals surface area contributed by atoms with E-state index >= 15 is 0 Å². The van der Waals surface area contributed by atoms with Gasteiger partial charge >= 0.3 is 0 Å². The van der Waals surface area contributed by atoms with Crippen LogP contribution in [0.5, 0.6) is 0 Å². The number of hydrogen-bond acceptors (Lipinski definition) is 2. The summed E-state index contributed by atoms with van der Waals surface area (Å²) in [5.41, 5.74) is 0.603. The van der Waals surface area contributed by atoms with Crippen molar-refractivity contribution in [2.75, 3.05) is 6.61 Å². The van der Waals surface area contributed by atoms with Gasteiger partial charge in [0.2, 0.25) is 0 Å². The average molecular weight is 153 g/mol. The minimum Gasteiger partial charge on any atom is -0.396 e. The van der Waals surface area contributed by atoms with E-state index in [0.717, 1.165) is 12.0 Å². The molecule has 2 heteroatoms. The summed E-state index contributed by atoms with van der Waals surface area (Å²) in [4.78, 5) is 0. The maximum Gasteiger partial charge on any atom is 0.0459 e. The second kappa shape index (κ2) is 1.80. The molecule has 4 unspecified atom stereocenters. The number of aliphatic hydroxyl groups is 1. The molecule has 3 aliphatic rings. The Hall–Kier alpha value is -0.0800. The van der Waals surface area contributed by atoms with Crippen molar-refractivity contribution < 1.29 is 5.11 Å². The van der Waals surface area contributed by atoms with Crippen molar-refractivity contribution >= 4 is 0 Å². The lowest BCUT2D eigenvalue weighted by atomic mass is 9.62. The Morgan fingerprint density at radius 3 is 2.91 bits per heavy atom. The first-order valence-electron chi connectivity index (χ1n) is 4.74. The molecule has 0 aromatic heterocycles. The van der Waals surface area contributed by atoms with Gasteiger partial charge in [0, 0.05) is 18.2 Å². The first-order chi connectivity index (χ1) is 5.35. The molecule has 1 saturated heterocycles. The van der Waals surface area contributed by atoms with Gasteiger partial charge in [-0.2, -0.15) is 0 Å². The van der Waals surface area contributed by atoms with Crippen LogP contribution in [-0.4, -0.2) is 23.3 Å². The second-order valence-corrected chi connectivity index (χ2v) is 4.49. The Morgan fingerprint density at radius 2 is 2.36 bits per heavy atom. The van der Waals surface area contributed by atoms with Gasteiger partial charge in [-0.15, -0.1) is 0 Å². The monoisotopic (exact) mass is 153 g/mol. The van der Waals surface area contributed by atoms with Crippen LogP contribution in [0.15, 0.2) is 0 Å². The molecule has 4 atom stereocenters. The third-order valence-corrected chi connectivity index (χ3v) is 4.06. The highest BCUT2D eigenvalue weighted by molar-refractivity contribution is 5.25. The van der Waals surface area contributed by atoms with Crippen LogP contribution in [0.2, 0.25) is 0 Å². The van der Waals surface area contributed by atoms with Gasteiger partial charge in [-0.1, -0.05) is 0 Å². The fraction of sp³-hybridized carbons (Fsp3) is 1.00. The summed E-state index contributed by atoms with van der Waals surface area (Å²) in [6, 6.07) is 0.784. The Labute approximate surface area is 67.0 Å². The molecule has 2 nitrogen and oxygen atoms in total. The Morgan fingerprint density at radius 1 is 1.45 bits per heavy atom. The molecule has 1 aliphatic heterocycles. The summed E-state index contributed by atoms with van der Waals surface area (Å²) in [5, 5.41) is 12.6. The summed E-state index contributed by atoms with van der Waals surface area (Å²) in [6.07, 6.45) is 5.31. The third-order valence-electron chi connectivity index (χ3n) is 4.06. The molecule has 0 radical (unpaired) electrons. The second-order valence-electron chi connectivity index (χ2n) is 4.49. The molecule has 3 fully saturated rings. The first-order valence-corrected chi connectivity index (χ1v) is 4.74. The zero-order valence-corrected chi connectivity index (χ0v) is 6.71. The van der Waals surface area contributed by atoms with E-state index in [9.17, 15) is 0 Å². The first kappa shape index (κ1) is 6.44. The molecular formula is C9H15NO. The normalized spacial score (nSPS) is 59.2. The van der Waals surface area contributed by atoms with E-state index in [-0.39, 0.29) is 0 Å². The highest BCUT2D eigenvalue weighted by atomic mass is 16.3. The Bertz CT molecular complexity index is 194. The SMILES string of the molecule is OCC1CC2CCC23NC3C1. The van der Waals surface area contributed by atoms with Gasteiger partial charge in [-0.3, -0.25) is 0 Å². The van der Waals surface area contributed by atoms with Crippen molar-refractivity contribution in [2.45, 2.75) is 37.3 Å². The van der Waals surface area contributed by atoms with E-state index in [1.54, 1.807) is 0 Å². The number of aliphatic hydroxyl groups excluding tert-OH is 1. The van der Waals surface area contributed by atoms with Crippen LogP contribution >= 0.6 is 0 Å². The lowest BCUT2D eigenvalue weighted by Crippen LogP contribution is -2.44. The van der Waals surface area contributed by atoms with Crippen molar-refractivity contribution in [2.24, 2.45) is 11.8 Å². The molecule has 2 saturated carbocycles. The highest BCUT2D eigenvalue weighted by Crippen LogP contribution is 2.58. The molecule has 0 aromatic rings. The van der Waals surface area contributed by atoms with Gasteiger partial charge in [0.1, 0.15) is 0 Å². The van der Waals surface area contributed by atoms with Gasteiger partial charge in [0.15, 0.2) is 0 Å². The average Bonchev–Trinajstić information content (AvgIpc) is 2.71. The van der Waals surface area contributed by atoms with Crippen molar-refractivity contribution in [1.82, 2.24) is 5.32 Å². The highest BCUT2D eigenvalue weighted by Gasteiger charge is 2.65. The predicted molar refractivity (Wildman–Crippen MR) is 42.2 cm³/mol. The Balaban J connectivity index is 1.76. The van der Waals surface area contributed by atoms with Crippen LogP contribution in [0.25, 0.3) is 0 Å². The molecule has 11 heavy (non-hydrogen) atoms. The number of nitrogens with one attached hydrogen (secondary N) is 1. The van der Waals surface area contributed by atoms with Crippen molar-refractivity contribution in [1.29, 1.82) is 0 Å². The van der Waals surface area contributed by atoms with E-state index in [0.29, 0.717) is 18.1 Å². The van der Waals surface area contributed by atoms with E-state index in [1.807, 2.05) is 0 Å². The largest absolute Gasteiger partial charge is 0.396 e. The van der Waals surface area contributed by atoms with Gasteiger partial charge in [-0.05, 0) is 37.5 Å². The minimum atomic E-state index is 0.408. The fourth-order valence-electron chi connectivity index (χ4n) is 3.17. The van der Waals surface area contributed by atoms with E-state index < -0.39 is 0 Å². The third kappa shape index (κ3) is 0.651. The topological polar surface area (TPSA) is 42.2 Å². The quantitative estimate of drug-likeness (QED) is 0.539. The Kier molecular flexibility index (Phi) is 1.06. The number of hydrogen-bond donors (Lipinski definition) is 2. The lowest BCUT2D eigenvalue weighted by Gasteiger charge is -2.42. The predicted octanol–water partition coefficient (Wildman–Crippen LogP) is 0.509. The van der Waals surface area contributed by atoms with Crippen LogP contribution < -0.4 is 5.32 Å². The molecule has 0 bridgehead atoms. The van der Waals surface area contributed by atoms with Crippen molar-refractivity contribution in [3.05, 3.63) is 0 Å². The zero-order chi connectivity index (χ0) is 7.47. The van der Waals surface area contributed by atoms with Gasteiger partial charge in [0.25, 0.3) is 0 Å². The zero-order valence-electron chi connectivity index (χ0n) is 6.71. The summed E-state index contributed by atoms with van der Waals surface area (Å²) in [5.74, 6) is 1.52. The summed E-state index contributed by atoms with van der Waals surface area (Å²) in [6.45, 7) is 0.408. The summed E-state index contributed by atoms with van der Waals surface area (Å²) < 4.78 is 0. The fourth-order valence-corrected chi connectivity index (χ4v) is 3.17. The molecular weight excluding hydrogens is 138 g/mol. The minimum absolute atomic E-state index is 0.408. The van der Waals surface area contributed by atoms with Crippen LogP contribution in [0.3, 0.4) is 0 Å². The lowest BCUT2D eigenvalue weighted by molar-refractivity contribution is 0.0995. The van der Waals surface area contributed by atoms with Crippen molar-refractivity contribution in [3.8, 4) is 0 Å². The molecule has 3 rings (SSSR count). The smallest absolute Gasteiger partial charge is 0.0459 e. The molecule has 1 heterocycles. The molecule has 0 aromatic carbocycles. The van der Waals surface area contributed by atoms with Gasteiger partial charge in [-0.25, -0.2) is 0 Å². The van der Waals surface area contributed by atoms with Crippen LogP contribution in [0.4, 0.5) is 0 Å². The standard InChI is InChI=1S/C9H15NO/c11-5-6-3-7-1-2-9(7)8(4-6)10-9/h6-8,10-11H,1-5H2. The van der Waals surface area contributed by atoms with Gasteiger partial charge < -0.3 is 10.4 Å². The van der Waals surface area contributed by atoms with Gasteiger partial charge in [0.05, 0.1) is 0 Å². The molecule has 0 amide bonds. The van der Waals surface area contributed by atoms with E-state index in [2.05, 4.69) is 5.32 Å². The number of rotatable bonds is 1. The van der Waals surface area contributed by atoms with E-state index in [1.165, 1.54) is 25.7 Å². The van der Waals surface area contributed by atoms with Crippen LogP contribution in [-0.2, 0) is 0 Å². The maximum atomic E-state index is 9.03. The van der Waals surface area contributed by atoms with Crippen molar-refractivity contribution in [3.63, 3.8) is 0 Å². The maximum absolute atomic E-state index is 9.03. The van der Waals surface area contributed by atoms with Crippen LogP contribution in [0.1, 0.15) is 25.7 Å². The molecule has 2 aliphatic carbocycles. The van der Waals surface area contributed by atoms with Crippen LogP contribution in [0, 0.1) is 11.8 Å². The van der Waals surface area contributed by atoms with E-state index in [4.69, 9.17) is 5.11 Å². The summed E-state index contributed by atoms with van der Waals surface area (Å²) in [7, 11) is 0.